The number of alkyl carbamates (subject to hydrolysis) is 2. The number of carboxylic acid groups (broad SMARTS) is 1. The van der Waals surface area contributed by atoms with Gasteiger partial charge in [-0.25, -0.2) is 14.4 Å². The predicted molar refractivity (Wildman–Crippen MR) is 291 cm³/mol. The molecule has 6 fully saturated rings. The molecule has 2 aromatic rings. The Morgan fingerprint density at radius 1 is 0.595 bits per heavy atom. The molecule has 8 aliphatic rings. The molecule has 0 aromatic carbocycles. The van der Waals surface area contributed by atoms with Crippen LogP contribution in [-0.2, 0) is 35.2 Å². The summed E-state index contributed by atoms with van der Waals surface area (Å²) >= 11 is 0. The van der Waals surface area contributed by atoms with Crippen LogP contribution in [0.3, 0.4) is 0 Å². The summed E-state index contributed by atoms with van der Waals surface area (Å²) in [5.74, 6) is 0.547. The maximum absolute atomic E-state index is 13.9. The zero-order valence-electron chi connectivity index (χ0n) is 47.3. The number of nitrogens with one attached hydrogen (secondary N) is 3. The fourth-order valence-corrected chi connectivity index (χ4v) is 15.3. The number of aromatic nitrogens is 4. The van der Waals surface area contributed by atoms with Crippen molar-refractivity contribution in [2.75, 3.05) is 0 Å². The van der Waals surface area contributed by atoms with E-state index in [0.29, 0.717) is 53.4 Å². The number of aromatic carboxylic acids is 1. The second-order valence-corrected chi connectivity index (χ2v) is 27.7. The van der Waals surface area contributed by atoms with Crippen molar-refractivity contribution in [3.05, 3.63) is 33.9 Å². The van der Waals surface area contributed by atoms with Gasteiger partial charge in [0.25, 0.3) is 5.91 Å². The molecule has 6 saturated carbocycles. The summed E-state index contributed by atoms with van der Waals surface area (Å²) in [7, 11) is 0. The first-order chi connectivity index (χ1) is 34.1. The van der Waals surface area contributed by atoms with Gasteiger partial charge in [-0.2, -0.15) is 10.2 Å². The van der Waals surface area contributed by atoms with Gasteiger partial charge in [-0.1, -0.05) is 80.1 Å². The summed E-state index contributed by atoms with van der Waals surface area (Å²) in [6.45, 7) is 25.1. The van der Waals surface area contributed by atoms with E-state index in [1.165, 1.54) is 82.7 Å². The normalized spacial score (nSPS) is 30.8. The van der Waals surface area contributed by atoms with Crippen LogP contribution >= 0.6 is 12.4 Å². The molecule has 16 heteroatoms. The molecule has 74 heavy (non-hydrogen) atoms. The van der Waals surface area contributed by atoms with Crippen molar-refractivity contribution in [1.29, 1.82) is 0 Å². The fraction of sp³-hybridized carbons (Fsp3) is 0.828. The van der Waals surface area contributed by atoms with Gasteiger partial charge in [-0.3, -0.25) is 14.2 Å². The molecule has 8 atom stereocenters. The minimum absolute atomic E-state index is 0. The molecular weight excluding hydrogens is 956 g/mol. The Labute approximate surface area is 448 Å². The Morgan fingerprint density at radius 3 is 1.39 bits per heavy atom. The summed E-state index contributed by atoms with van der Waals surface area (Å²) in [6, 6.07) is 1.10. The molecule has 0 radical (unpaired) electrons. The van der Waals surface area contributed by atoms with Crippen molar-refractivity contribution >= 4 is 36.5 Å². The van der Waals surface area contributed by atoms with Gasteiger partial charge in [0, 0.05) is 46.7 Å². The summed E-state index contributed by atoms with van der Waals surface area (Å²) in [6.07, 6.45) is 22.9. The van der Waals surface area contributed by atoms with E-state index in [4.69, 9.17) is 20.3 Å². The number of hydrogen-bond acceptors (Lipinski definition) is 9. The van der Waals surface area contributed by atoms with Gasteiger partial charge in [0.15, 0.2) is 11.4 Å². The third kappa shape index (κ3) is 12.3. The van der Waals surface area contributed by atoms with Gasteiger partial charge in [0.1, 0.15) is 11.2 Å². The monoisotopic (exact) mass is 1050 g/mol. The molecule has 3 amide bonds. The number of nitrogens with zero attached hydrogens (tertiary/aromatic N) is 4. The first kappa shape index (κ1) is 57.8. The molecule has 0 spiro atoms. The van der Waals surface area contributed by atoms with Crippen LogP contribution in [0.2, 0.25) is 0 Å². The highest BCUT2D eigenvalue weighted by Crippen LogP contribution is 2.63. The highest BCUT2D eigenvalue weighted by atomic mass is 35.5. The summed E-state index contributed by atoms with van der Waals surface area (Å²) in [4.78, 5) is 50.1. The zero-order chi connectivity index (χ0) is 53.1. The number of halogens is 1. The first-order valence-corrected chi connectivity index (χ1v) is 28.6. The van der Waals surface area contributed by atoms with Gasteiger partial charge in [0.05, 0.1) is 12.1 Å². The van der Waals surface area contributed by atoms with E-state index in [1.54, 1.807) is 0 Å². The van der Waals surface area contributed by atoms with E-state index in [9.17, 15) is 24.3 Å². The Balaban J connectivity index is 0.000000183. The van der Waals surface area contributed by atoms with Crippen molar-refractivity contribution in [2.24, 2.45) is 39.2 Å². The Kier molecular flexibility index (Phi) is 17.1. The summed E-state index contributed by atoms with van der Waals surface area (Å²) in [5, 5.41) is 28.5. The quantitative estimate of drug-likeness (QED) is 0.177. The molecule has 4 bridgehead atoms. The van der Waals surface area contributed by atoms with Crippen molar-refractivity contribution < 1.29 is 33.8 Å². The van der Waals surface area contributed by atoms with E-state index >= 15 is 0 Å². The number of amides is 3. The second kappa shape index (κ2) is 21.9. The van der Waals surface area contributed by atoms with Gasteiger partial charge >= 0.3 is 18.2 Å². The van der Waals surface area contributed by atoms with E-state index < -0.39 is 29.4 Å². The van der Waals surface area contributed by atoms with Gasteiger partial charge < -0.3 is 36.3 Å². The van der Waals surface area contributed by atoms with Crippen LogP contribution in [-0.4, -0.2) is 84.1 Å². The average Bonchev–Trinajstić information content (AvgIpc) is 4.14. The number of carboxylic acids is 1. The lowest BCUT2D eigenvalue weighted by Crippen LogP contribution is -2.52. The molecule has 2 heterocycles. The van der Waals surface area contributed by atoms with Crippen LogP contribution in [0, 0.1) is 33.5 Å². The minimum atomic E-state index is -0.992. The topological polar surface area (TPSA) is 205 Å². The Morgan fingerprint density at radius 2 is 1.01 bits per heavy atom. The molecule has 0 aliphatic heterocycles. The smallest absolute Gasteiger partial charge is 0.407 e. The van der Waals surface area contributed by atoms with Crippen molar-refractivity contribution in [2.45, 2.75) is 272 Å². The first-order valence-electron chi connectivity index (χ1n) is 28.6. The summed E-state index contributed by atoms with van der Waals surface area (Å²) in [5.41, 5.74) is 11.0. The second-order valence-electron chi connectivity index (χ2n) is 27.7. The highest BCUT2D eigenvalue weighted by Gasteiger charge is 2.60. The maximum Gasteiger partial charge on any atom is 0.407 e. The molecule has 8 unspecified atom stereocenters. The molecule has 8 aliphatic carbocycles. The molecule has 10 rings (SSSR count). The van der Waals surface area contributed by atoms with Crippen LogP contribution in [0.5, 0.6) is 0 Å². The van der Waals surface area contributed by atoms with Crippen LogP contribution in [0.1, 0.15) is 254 Å². The lowest BCUT2D eigenvalue weighted by Gasteiger charge is -2.43. The van der Waals surface area contributed by atoms with Crippen LogP contribution in [0.4, 0.5) is 9.59 Å². The lowest BCUT2D eigenvalue weighted by molar-refractivity contribution is 0.0487. The number of ether oxygens (including phenoxy) is 2. The average molecular weight is 1050 g/mol. The molecular formula is C58H95ClN8O7. The molecule has 15 nitrogen and oxygen atoms in total. The van der Waals surface area contributed by atoms with Crippen molar-refractivity contribution in [1.82, 2.24) is 35.5 Å². The van der Waals surface area contributed by atoms with Gasteiger partial charge in [-0.15, -0.1) is 12.4 Å². The Bertz CT molecular complexity index is 2340. The minimum Gasteiger partial charge on any atom is -0.476 e. The van der Waals surface area contributed by atoms with E-state index in [-0.39, 0.29) is 53.0 Å². The van der Waals surface area contributed by atoms with Crippen LogP contribution in [0.15, 0.2) is 0 Å². The van der Waals surface area contributed by atoms with Crippen molar-refractivity contribution in [3.8, 4) is 0 Å². The molecule has 0 saturated heterocycles. The standard InChI is InChI=1S/C29H46N4O3.C19H29N3O4.C10H19N.ClH/c1-27(2,3)36-26(35)30-19-12-13-22-21(16-19)23(32-33(22)20-10-8-7-9-11-20)24(34)31-25-28(4,5)18-14-15-29(25,6)17-18;1-19(2,3)26-18(25)20-12-9-10-15-14(11-12)16(17(23)24)21-22(15)13-7-5-4-6-8-13;1-9(2)7-4-5-10(3,6-7)8(9)11;/h18-20,25H,7-17H2,1-6H3,(H,30,35)(H,31,34);12-13H,4-11H2,1-3H3,(H,20,25)(H,23,24);7-8H,4-6,11H2,1-3H3;1H. The van der Waals surface area contributed by atoms with E-state index in [1.807, 2.05) is 46.2 Å². The largest absolute Gasteiger partial charge is 0.476 e. The highest BCUT2D eigenvalue weighted by molar-refractivity contribution is 5.94. The van der Waals surface area contributed by atoms with Crippen LogP contribution in [0.25, 0.3) is 0 Å². The molecule has 2 aromatic heterocycles. The van der Waals surface area contributed by atoms with Gasteiger partial charge in [-0.05, 0) is 178 Å². The predicted octanol–water partition coefficient (Wildman–Crippen LogP) is 11.8. The number of carbonyl (C=O) groups excluding carboxylic acids is 3. The SMILES string of the molecule is CC(C)(C)OC(=O)NC1CCc2c(c(C(=O)NC3C4(C)CCC(C4)C3(C)C)nn2C2CCCCC2)C1.CC(C)(C)OC(=O)NC1CCc2c(c(C(=O)O)nn2C2CCCCC2)C1.CC12CCC(C1)C(C)(C)C2N.Cl. The molecule has 6 N–H and O–H groups in total. The number of carbonyl (C=O) groups is 4. The third-order valence-electron chi connectivity index (χ3n) is 19.2. The number of nitrogens with two attached hydrogens (primary N) is 1. The lowest BCUT2D eigenvalue weighted by atomic mass is 9.68. The maximum atomic E-state index is 13.9. The van der Waals surface area contributed by atoms with E-state index in [2.05, 4.69) is 67.3 Å². The number of hydrogen-bond donors (Lipinski definition) is 5. The van der Waals surface area contributed by atoms with Crippen molar-refractivity contribution in [3.63, 3.8) is 0 Å². The summed E-state index contributed by atoms with van der Waals surface area (Å²) < 4.78 is 15.0. The van der Waals surface area contributed by atoms with E-state index in [0.717, 1.165) is 74.1 Å². The zero-order valence-corrected chi connectivity index (χ0v) is 48.2. The van der Waals surface area contributed by atoms with Crippen LogP contribution < -0.4 is 21.7 Å². The third-order valence-corrected chi connectivity index (χ3v) is 19.2. The van der Waals surface area contributed by atoms with Gasteiger partial charge in [0.2, 0.25) is 0 Å². The Hall–Kier alpha value is -3.85. The number of rotatable bonds is 7. The fourth-order valence-electron chi connectivity index (χ4n) is 15.3. The number of fused-ring (bicyclic) bond motifs is 6. The molecule has 416 valence electrons.